The van der Waals surface area contributed by atoms with Crippen LogP contribution in [0.2, 0.25) is 5.02 Å². The zero-order chi connectivity index (χ0) is 12.5. The lowest BCUT2D eigenvalue weighted by atomic mass is 10.2. The number of fused-ring (bicyclic) bond motifs is 1. The van der Waals surface area contributed by atoms with Crippen LogP contribution >= 0.6 is 11.6 Å². The molecule has 2 fully saturated rings. The Kier molecular flexibility index (Phi) is 3.26. The maximum Gasteiger partial charge on any atom is 0.153 e. The number of hydrogen-bond donors (Lipinski definition) is 1. The van der Waals surface area contributed by atoms with E-state index in [1.165, 1.54) is 32.3 Å². The normalized spacial score (nSPS) is 24.9. The largest absolute Gasteiger partial charge is 0.382 e. The minimum absolute atomic E-state index is 0.370. The molecule has 1 unspecified atom stereocenters. The number of aromatic nitrogens is 2. The summed E-state index contributed by atoms with van der Waals surface area (Å²) in [6.07, 6.45) is 5.22. The Morgan fingerprint density at radius 2 is 2.06 bits per heavy atom. The van der Waals surface area contributed by atoms with E-state index in [0.717, 1.165) is 25.3 Å². The smallest absolute Gasteiger partial charge is 0.153 e. The van der Waals surface area contributed by atoms with Crippen LogP contribution in [-0.2, 0) is 0 Å². The molecule has 0 saturated carbocycles. The van der Waals surface area contributed by atoms with Gasteiger partial charge in [0.05, 0.1) is 0 Å². The van der Waals surface area contributed by atoms with Gasteiger partial charge in [0.25, 0.3) is 0 Å². The highest BCUT2D eigenvalue weighted by Crippen LogP contribution is 2.30. The molecule has 1 atom stereocenters. The van der Waals surface area contributed by atoms with Crippen LogP contribution < -0.4 is 10.6 Å². The number of halogens is 1. The highest BCUT2D eigenvalue weighted by Gasteiger charge is 2.30. The van der Waals surface area contributed by atoms with Crippen molar-refractivity contribution >= 4 is 23.2 Å². The number of rotatable bonds is 1. The molecule has 98 valence electrons. The van der Waals surface area contributed by atoms with Crippen LogP contribution in [0.15, 0.2) is 6.33 Å². The minimum atomic E-state index is 0.370. The van der Waals surface area contributed by atoms with Gasteiger partial charge in [-0.3, -0.25) is 4.90 Å². The van der Waals surface area contributed by atoms with E-state index < -0.39 is 0 Å². The van der Waals surface area contributed by atoms with Gasteiger partial charge in [0, 0.05) is 25.7 Å². The van der Waals surface area contributed by atoms with E-state index in [4.69, 9.17) is 17.3 Å². The quantitative estimate of drug-likeness (QED) is 0.833. The van der Waals surface area contributed by atoms with Crippen molar-refractivity contribution in [3.05, 3.63) is 11.3 Å². The molecule has 0 amide bonds. The van der Waals surface area contributed by atoms with Gasteiger partial charge in [-0.05, 0) is 25.8 Å². The van der Waals surface area contributed by atoms with Crippen molar-refractivity contribution in [3.63, 3.8) is 0 Å². The predicted octanol–water partition coefficient (Wildman–Crippen LogP) is 1.39. The average Bonchev–Trinajstić information content (AvgIpc) is 2.70. The summed E-state index contributed by atoms with van der Waals surface area (Å²) in [4.78, 5) is 13.1. The van der Waals surface area contributed by atoms with Gasteiger partial charge in [0.1, 0.15) is 17.2 Å². The molecule has 6 heteroatoms. The van der Waals surface area contributed by atoms with Gasteiger partial charge in [-0.25, -0.2) is 9.97 Å². The molecule has 2 aliphatic heterocycles. The number of hydrogen-bond acceptors (Lipinski definition) is 5. The zero-order valence-electron chi connectivity index (χ0n) is 10.3. The third-order valence-electron chi connectivity index (χ3n) is 3.90. The fourth-order valence-corrected chi connectivity index (χ4v) is 3.21. The minimum Gasteiger partial charge on any atom is -0.382 e. The van der Waals surface area contributed by atoms with Crippen molar-refractivity contribution in [3.8, 4) is 0 Å². The van der Waals surface area contributed by atoms with Crippen molar-refractivity contribution in [1.82, 2.24) is 14.9 Å². The van der Waals surface area contributed by atoms with E-state index in [1.54, 1.807) is 0 Å². The molecule has 0 bridgehead atoms. The van der Waals surface area contributed by atoms with E-state index in [9.17, 15) is 0 Å². The molecule has 18 heavy (non-hydrogen) atoms. The first-order valence-corrected chi connectivity index (χ1v) is 6.88. The second-order valence-corrected chi connectivity index (χ2v) is 5.41. The lowest BCUT2D eigenvalue weighted by molar-refractivity contribution is 0.273. The van der Waals surface area contributed by atoms with Crippen molar-refractivity contribution in [2.75, 3.05) is 36.8 Å². The lowest BCUT2D eigenvalue weighted by Crippen LogP contribution is -2.37. The van der Waals surface area contributed by atoms with E-state index in [-0.39, 0.29) is 0 Å². The molecular formula is C12H18ClN5. The molecule has 3 heterocycles. The summed E-state index contributed by atoms with van der Waals surface area (Å²) in [5.74, 6) is 1.16. The SMILES string of the molecule is Nc1ncnc(N2CCCN3CCCC3C2)c1Cl. The van der Waals surface area contributed by atoms with Crippen LogP contribution in [0.25, 0.3) is 0 Å². The molecule has 1 aromatic heterocycles. The maximum atomic E-state index is 6.22. The first kappa shape index (κ1) is 12.0. The summed E-state index contributed by atoms with van der Waals surface area (Å²) in [5.41, 5.74) is 5.75. The molecule has 0 radical (unpaired) electrons. The molecular weight excluding hydrogens is 250 g/mol. The summed E-state index contributed by atoms with van der Waals surface area (Å²) in [5, 5.41) is 0.490. The monoisotopic (exact) mass is 267 g/mol. The van der Waals surface area contributed by atoms with Crippen molar-refractivity contribution in [2.45, 2.75) is 25.3 Å². The third-order valence-corrected chi connectivity index (χ3v) is 4.26. The number of nitrogens with zero attached hydrogens (tertiary/aromatic N) is 4. The first-order chi connectivity index (χ1) is 8.75. The third kappa shape index (κ3) is 2.12. The van der Waals surface area contributed by atoms with E-state index in [2.05, 4.69) is 19.8 Å². The van der Waals surface area contributed by atoms with Gasteiger partial charge >= 0.3 is 0 Å². The second-order valence-electron chi connectivity index (χ2n) is 5.03. The summed E-state index contributed by atoms with van der Waals surface area (Å²) < 4.78 is 0. The highest BCUT2D eigenvalue weighted by molar-refractivity contribution is 6.35. The summed E-state index contributed by atoms with van der Waals surface area (Å²) in [6.45, 7) is 4.40. The molecule has 2 aliphatic rings. The Bertz CT molecular complexity index is 438. The van der Waals surface area contributed by atoms with Gasteiger partial charge in [0.15, 0.2) is 5.82 Å². The lowest BCUT2D eigenvalue weighted by Gasteiger charge is -2.27. The topological polar surface area (TPSA) is 58.3 Å². The first-order valence-electron chi connectivity index (χ1n) is 6.50. The predicted molar refractivity (Wildman–Crippen MR) is 72.9 cm³/mol. The molecule has 1 aromatic rings. The molecule has 0 aromatic carbocycles. The van der Waals surface area contributed by atoms with Crippen molar-refractivity contribution in [1.29, 1.82) is 0 Å². The van der Waals surface area contributed by atoms with E-state index in [1.807, 2.05) is 0 Å². The average molecular weight is 268 g/mol. The highest BCUT2D eigenvalue weighted by atomic mass is 35.5. The second kappa shape index (κ2) is 4.90. The standard InChI is InChI=1S/C12H18ClN5/c13-10-11(14)15-8-16-12(10)18-6-2-5-17-4-1-3-9(17)7-18/h8-9H,1-7H2,(H2,14,15,16). The fraction of sp³-hybridized carbons (Fsp3) is 0.667. The number of nitrogen functional groups attached to an aromatic ring is 1. The number of anilines is 2. The molecule has 3 rings (SSSR count). The molecule has 0 spiro atoms. The number of nitrogens with two attached hydrogens (primary N) is 1. The summed E-state index contributed by atoms with van der Waals surface area (Å²) in [7, 11) is 0. The summed E-state index contributed by atoms with van der Waals surface area (Å²) in [6, 6.07) is 0.639. The Balaban J connectivity index is 1.85. The molecule has 2 saturated heterocycles. The van der Waals surface area contributed by atoms with Crippen LogP contribution in [0.5, 0.6) is 0 Å². The summed E-state index contributed by atoms with van der Waals surface area (Å²) >= 11 is 6.22. The molecule has 2 N–H and O–H groups in total. The van der Waals surface area contributed by atoms with Crippen LogP contribution in [0.3, 0.4) is 0 Å². The van der Waals surface area contributed by atoms with Crippen LogP contribution in [0, 0.1) is 0 Å². The van der Waals surface area contributed by atoms with Gasteiger partial charge in [0.2, 0.25) is 0 Å². The van der Waals surface area contributed by atoms with E-state index >= 15 is 0 Å². The Morgan fingerprint density at radius 3 is 2.94 bits per heavy atom. The van der Waals surface area contributed by atoms with Gasteiger partial charge in [-0.1, -0.05) is 11.6 Å². The van der Waals surface area contributed by atoms with Gasteiger partial charge in [-0.2, -0.15) is 0 Å². The fourth-order valence-electron chi connectivity index (χ4n) is 2.99. The van der Waals surface area contributed by atoms with Gasteiger partial charge in [-0.15, -0.1) is 0 Å². The van der Waals surface area contributed by atoms with Gasteiger partial charge < -0.3 is 10.6 Å². The zero-order valence-corrected chi connectivity index (χ0v) is 11.1. The maximum absolute atomic E-state index is 6.22. The van der Waals surface area contributed by atoms with E-state index in [0.29, 0.717) is 16.9 Å². The van der Waals surface area contributed by atoms with Crippen LogP contribution in [-0.4, -0.2) is 47.1 Å². The Morgan fingerprint density at radius 1 is 1.22 bits per heavy atom. The van der Waals surface area contributed by atoms with Crippen LogP contribution in [0.4, 0.5) is 11.6 Å². The van der Waals surface area contributed by atoms with Crippen molar-refractivity contribution < 1.29 is 0 Å². The molecule has 0 aliphatic carbocycles. The van der Waals surface area contributed by atoms with Crippen molar-refractivity contribution in [2.24, 2.45) is 0 Å². The molecule has 5 nitrogen and oxygen atoms in total. The van der Waals surface area contributed by atoms with Crippen LogP contribution in [0.1, 0.15) is 19.3 Å². The Hall–Kier alpha value is -1.07. The Labute approximate surface area is 112 Å².